The van der Waals surface area contributed by atoms with Crippen molar-refractivity contribution in [1.82, 2.24) is 0 Å². The zero-order chi connectivity index (χ0) is 17.4. The van der Waals surface area contributed by atoms with Crippen LogP contribution in [0.15, 0.2) is 42.5 Å². The largest absolute Gasteiger partial charge is 0.493 e. The summed E-state index contributed by atoms with van der Waals surface area (Å²) < 4.78 is 13.3. The third kappa shape index (κ3) is 2.72. The van der Waals surface area contributed by atoms with Gasteiger partial charge in [0.05, 0.1) is 27.1 Å². The lowest BCUT2D eigenvalue weighted by molar-refractivity contribution is -0.575. The molecule has 0 saturated heterocycles. The third-order valence-electron chi connectivity index (χ3n) is 5.24. The molecule has 0 unspecified atom stereocenters. The van der Waals surface area contributed by atoms with E-state index in [0.29, 0.717) is 24.4 Å². The first kappa shape index (κ1) is 15.9. The van der Waals surface area contributed by atoms with Crippen LogP contribution in [0.5, 0.6) is 11.5 Å². The molecule has 2 aromatic rings. The molecule has 0 aromatic heterocycles. The van der Waals surface area contributed by atoms with E-state index >= 15 is 0 Å². The van der Waals surface area contributed by atoms with Gasteiger partial charge < -0.3 is 9.47 Å². The summed E-state index contributed by atoms with van der Waals surface area (Å²) in [5, 5.41) is 0. The molecule has 25 heavy (non-hydrogen) atoms. The Bertz CT molecular complexity index is 855. The average molecular weight is 336 g/mol. The molecule has 0 amide bonds. The van der Waals surface area contributed by atoms with Crippen LogP contribution in [0.1, 0.15) is 35.6 Å². The number of carbonyl (C=O) groups is 1. The lowest BCUT2D eigenvalue weighted by Crippen LogP contribution is -2.39. The second-order valence-electron chi connectivity index (χ2n) is 6.60. The first-order valence-electron chi connectivity index (χ1n) is 8.65. The van der Waals surface area contributed by atoms with Gasteiger partial charge in [0.15, 0.2) is 23.3 Å². The maximum Gasteiger partial charge on any atom is 0.191 e. The minimum atomic E-state index is 0.124. The van der Waals surface area contributed by atoms with Gasteiger partial charge in [-0.25, -0.2) is 4.58 Å². The van der Waals surface area contributed by atoms with Crippen LogP contribution in [0.25, 0.3) is 0 Å². The molecule has 1 atom stereocenters. The van der Waals surface area contributed by atoms with Crippen molar-refractivity contribution in [2.45, 2.75) is 25.3 Å². The predicted molar refractivity (Wildman–Crippen MR) is 95.9 cm³/mol. The zero-order valence-electron chi connectivity index (χ0n) is 14.6. The van der Waals surface area contributed by atoms with Gasteiger partial charge in [-0.05, 0) is 17.7 Å². The number of benzene rings is 2. The van der Waals surface area contributed by atoms with Gasteiger partial charge in [-0.15, -0.1) is 0 Å². The van der Waals surface area contributed by atoms with E-state index in [2.05, 4.69) is 22.8 Å². The summed E-state index contributed by atoms with van der Waals surface area (Å²) in [5.74, 6) is 1.75. The van der Waals surface area contributed by atoms with Crippen LogP contribution >= 0.6 is 0 Å². The topological polar surface area (TPSA) is 38.5 Å². The van der Waals surface area contributed by atoms with E-state index in [1.807, 2.05) is 24.3 Å². The molecule has 4 heteroatoms. The molecule has 0 spiro atoms. The van der Waals surface area contributed by atoms with Crippen LogP contribution < -0.4 is 9.47 Å². The second-order valence-corrected chi connectivity index (χ2v) is 6.60. The summed E-state index contributed by atoms with van der Waals surface area (Å²) in [4.78, 5) is 12.5. The molecule has 0 bridgehead atoms. The van der Waals surface area contributed by atoms with Crippen molar-refractivity contribution < 1.29 is 18.8 Å². The van der Waals surface area contributed by atoms with Gasteiger partial charge in [-0.2, -0.15) is 0 Å². The molecular weight excluding hydrogens is 314 g/mol. The van der Waals surface area contributed by atoms with Crippen LogP contribution in [0.4, 0.5) is 0 Å². The van der Waals surface area contributed by atoms with Crippen LogP contribution in [-0.4, -0.2) is 36.8 Å². The molecule has 0 saturated carbocycles. The maximum absolute atomic E-state index is 12.5. The highest BCUT2D eigenvalue weighted by molar-refractivity contribution is 6.11. The molecule has 0 radical (unpaired) electrons. The quantitative estimate of drug-likeness (QED) is 0.808. The zero-order valence-corrected chi connectivity index (χ0v) is 14.6. The van der Waals surface area contributed by atoms with Crippen molar-refractivity contribution in [2.75, 3.05) is 20.8 Å². The molecule has 4 nitrogen and oxygen atoms in total. The highest BCUT2D eigenvalue weighted by Gasteiger charge is 2.39. The molecular formula is C21H22NO3+. The molecule has 2 aliphatic heterocycles. The Balaban J connectivity index is 1.86. The molecule has 0 N–H and O–H groups in total. The van der Waals surface area contributed by atoms with Crippen molar-refractivity contribution in [1.29, 1.82) is 0 Å². The molecule has 0 aliphatic carbocycles. The monoisotopic (exact) mass is 336 g/mol. The smallest absolute Gasteiger partial charge is 0.191 e. The summed E-state index contributed by atoms with van der Waals surface area (Å²) in [5.41, 5.74) is 4.67. The summed E-state index contributed by atoms with van der Waals surface area (Å²) >= 11 is 0. The van der Waals surface area contributed by atoms with E-state index in [9.17, 15) is 4.79 Å². The molecule has 128 valence electrons. The second kappa shape index (κ2) is 6.36. The minimum Gasteiger partial charge on any atom is -0.493 e. The van der Waals surface area contributed by atoms with E-state index < -0.39 is 0 Å². The van der Waals surface area contributed by atoms with Crippen LogP contribution in [-0.2, 0) is 11.2 Å². The lowest BCUT2D eigenvalue weighted by Gasteiger charge is -2.28. The van der Waals surface area contributed by atoms with Gasteiger partial charge in [0.25, 0.3) is 0 Å². The number of carbonyl (C=O) groups excluding carboxylic acids is 1. The molecule has 4 rings (SSSR count). The summed E-state index contributed by atoms with van der Waals surface area (Å²) in [6, 6.07) is 14.5. The van der Waals surface area contributed by atoms with E-state index in [1.54, 1.807) is 14.2 Å². The molecule has 2 aromatic carbocycles. The normalized spacial score (nSPS) is 19.3. The van der Waals surface area contributed by atoms with E-state index in [1.165, 1.54) is 11.1 Å². The Labute approximate surface area is 147 Å². The predicted octanol–water partition coefficient (Wildman–Crippen LogP) is 3.17. The Morgan fingerprint density at radius 2 is 1.76 bits per heavy atom. The van der Waals surface area contributed by atoms with E-state index in [-0.39, 0.29) is 6.04 Å². The SMILES string of the molecule is COc1cc2c(cc1OC)C1=[N+](CC2)[C@@H](c2ccccc2)CC(=O)C1. The Morgan fingerprint density at radius 3 is 2.48 bits per heavy atom. The fourth-order valence-corrected chi connectivity index (χ4v) is 4.03. The van der Waals surface area contributed by atoms with Crippen LogP contribution in [0, 0.1) is 0 Å². The number of rotatable bonds is 3. The van der Waals surface area contributed by atoms with E-state index in [4.69, 9.17) is 9.47 Å². The van der Waals surface area contributed by atoms with E-state index in [0.717, 1.165) is 30.0 Å². The van der Waals surface area contributed by atoms with Crippen molar-refractivity contribution in [3.05, 3.63) is 59.2 Å². The van der Waals surface area contributed by atoms with Gasteiger partial charge >= 0.3 is 0 Å². The van der Waals surface area contributed by atoms with Crippen LogP contribution in [0.2, 0.25) is 0 Å². The first-order valence-corrected chi connectivity index (χ1v) is 8.65. The summed E-state index contributed by atoms with van der Waals surface area (Å²) in [6.45, 7) is 0.921. The minimum absolute atomic E-state index is 0.124. The Hall–Kier alpha value is -2.62. The number of ether oxygens (including phenoxy) is 2. The van der Waals surface area contributed by atoms with Crippen molar-refractivity contribution in [3.8, 4) is 11.5 Å². The molecule has 0 fully saturated rings. The standard InChI is InChI=1S/C21H22NO3/c1-24-20-10-15-8-9-22-18(14-6-4-3-5-7-14)11-16(23)12-19(22)17(15)13-21(20)25-2/h3-7,10,13,18H,8-9,11-12H2,1-2H3/q+1/t18-/m1/s1. The maximum atomic E-state index is 12.5. The van der Waals surface area contributed by atoms with Crippen molar-refractivity contribution >= 4 is 11.5 Å². The summed E-state index contributed by atoms with van der Waals surface area (Å²) in [6.07, 6.45) is 2.01. The fourth-order valence-electron chi connectivity index (χ4n) is 4.03. The van der Waals surface area contributed by atoms with Gasteiger partial charge in [0, 0.05) is 17.5 Å². The third-order valence-corrected chi connectivity index (χ3v) is 5.24. The van der Waals surface area contributed by atoms with Crippen LogP contribution in [0.3, 0.4) is 0 Å². The highest BCUT2D eigenvalue weighted by Crippen LogP contribution is 2.36. The number of methoxy groups -OCH3 is 2. The first-order chi connectivity index (χ1) is 12.2. The highest BCUT2D eigenvalue weighted by atomic mass is 16.5. The lowest BCUT2D eigenvalue weighted by atomic mass is 9.86. The fraction of sp³-hybridized carbons (Fsp3) is 0.333. The Kier molecular flexibility index (Phi) is 4.04. The number of ketones is 1. The van der Waals surface area contributed by atoms with Gasteiger partial charge in [-0.3, -0.25) is 4.79 Å². The number of hydrogen-bond acceptors (Lipinski definition) is 3. The Morgan fingerprint density at radius 1 is 1.04 bits per heavy atom. The van der Waals surface area contributed by atoms with Gasteiger partial charge in [-0.1, -0.05) is 30.3 Å². The van der Waals surface area contributed by atoms with Gasteiger partial charge in [0.2, 0.25) is 0 Å². The van der Waals surface area contributed by atoms with Gasteiger partial charge in [0.1, 0.15) is 12.3 Å². The number of hydrogen-bond donors (Lipinski definition) is 0. The number of Topliss-reactive ketones (excluding diaryl/α,β-unsaturated/α-hetero) is 1. The van der Waals surface area contributed by atoms with Crippen molar-refractivity contribution in [3.63, 3.8) is 0 Å². The average Bonchev–Trinajstić information content (AvgIpc) is 2.66. The molecule has 2 aliphatic rings. The number of nitrogens with zero attached hydrogens (tertiary/aromatic N) is 1. The molecule has 2 heterocycles. The summed E-state index contributed by atoms with van der Waals surface area (Å²) in [7, 11) is 3.30. The van der Waals surface area contributed by atoms with Crippen molar-refractivity contribution in [2.24, 2.45) is 0 Å². The number of fused-ring (bicyclic) bond motifs is 2.